The van der Waals surface area contributed by atoms with Gasteiger partial charge in [0.25, 0.3) is 0 Å². The lowest BCUT2D eigenvalue weighted by Crippen LogP contribution is -2.44. The van der Waals surface area contributed by atoms with Gasteiger partial charge in [0.2, 0.25) is 0 Å². The van der Waals surface area contributed by atoms with Gasteiger partial charge in [0.05, 0.1) is 12.8 Å². The third kappa shape index (κ3) is 4.63. The van der Waals surface area contributed by atoms with Gasteiger partial charge in [-0.25, -0.2) is 4.99 Å². The van der Waals surface area contributed by atoms with Crippen LogP contribution in [0, 0.1) is 0 Å². The van der Waals surface area contributed by atoms with E-state index in [0.29, 0.717) is 19.0 Å². The molecule has 0 fully saturated rings. The Morgan fingerprint density at radius 2 is 1.95 bits per heavy atom. The second-order valence-corrected chi connectivity index (χ2v) is 5.27. The first kappa shape index (κ1) is 16.1. The van der Waals surface area contributed by atoms with Gasteiger partial charge < -0.3 is 20.2 Å². The Kier molecular flexibility index (Phi) is 5.61. The molecule has 5 nitrogen and oxygen atoms in total. The maximum atomic E-state index is 10.6. The van der Waals surface area contributed by atoms with E-state index in [1.54, 1.807) is 13.2 Å². The van der Waals surface area contributed by atoms with Gasteiger partial charge in [-0.05, 0) is 31.5 Å². The highest BCUT2D eigenvalue weighted by atomic mass is 16.3. The molecule has 0 bridgehead atoms. The standard InChI is InChI=1S/C17H23N3O2/c1-3-18-16(19-12-15-10-7-11-22-15)20-13-17(2,21)14-8-5-4-6-9-14/h4-11,21H,3,12-13H2,1-2H3,(H2,18,19,20). The molecule has 1 aromatic carbocycles. The summed E-state index contributed by atoms with van der Waals surface area (Å²) in [6, 6.07) is 13.3. The van der Waals surface area contributed by atoms with Crippen LogP contribution in [0.3, 0.4) is 0 Å². The fraction of sp³-hybridized carbons (Fsp3) is 0.353. The zero-order valence-corrected chi connectivity index (χ0v) is 13.0. The summed E-state index contributed by atoms with van der Waals surface area (Å²) in [7, 11) is 0. The molecule has 3 N–H and O–H groups in total. The molecule has 5 heteroatoms. The van der Waals surface area contributed by atoms with E-state index in [1.165, 1.54) is 0 Å². The first-order valence-electron chi connectivity index (χ1n) is 7.44. The van der Waals surface area contributed by atoms with Crippen LogP contribution < -0.4 is 10.6 Å². The summed E-state index contributed by atoms with van der Waals surface area (Å²) < 4.78 is 5.26. The zero-order chi connectivity index (χ0) is 15.8. The Hall–Kier alpha value is -2.27. The van der Waals surface area contributed by atoms with E-state index in [4.69, 9.17) is 4.42 Å². The number of aliphatic hydroxyl groups is 1. The van der Waals surface area contributed by atoms with Gasteiger partial charge in [0.1, 0.15) is 17.9 Å². The van der Waals surface area contributed by atoms with E-state index in [9.17, 15) is 5.11 Å². The van der Waals surface area contributed by atoms with E-state index in [0.717, 1.165) is 17.9 Å². The fourth-order valence-electron chi connectivity index (χ4n) is 2.06. The molecule has 0 aliphatic rings. The minimum absolute atomic E-state index is 0.362. The molecule has 0 aliphatic heterocycles. The number of rotatable bonds is 6. The fourth-order valence-corrected chi connectivity index (χ4v) is 2.06. The number of guanidine groups is 1. The average molecular weight is 301 g/mol. The smallest absolute Gasteiger partial charge is 0.191 e. The predicted molar refractivity (Wildman–Crippen MR) is 87.5 cm³/mol. The van der Waals surface area contributed by atoms with Crippen molar-refractivity contribution in [2.45, 2.75) is 26.0 Å². The third-order valence-electron chi connectivity index (χ3n) is 3.31. The van der Waals surface area contributed by atoms with Gasteiger partial charge in [-0.1, -0.05) is 30.3 Å². The van der Waals surface area contributed by atoms with Crippen LogP contribution in [-0.4, -0.2) is 24.2 Å². The van der Waals surface area contributed by atoms with Crippen molar-refractivity contribution in [3.05, 3.63) is 60.1 Å². The summed E-state index contributed by atoms with van der Waals surface area (Å²) in [4.78, 5) is 4.44. The van der Waals surface area contributed by atoms with Gasteiger partial charge in [-0.2, -0.15) is 0 Å². The van der Waals surface area contributed by atoms with Crippen LogP contribution in [0.1, 0.15) is 25.2 Å². The second kappa shape index (κ2) is 7.66. The molecule has 1 unspecified atom stereocenters. The number of hydrogen-bond acceptors (Lipinski definition) is 3. The molecule has 0 radical (unpaired) electrons. The quantitative estimate of drug-likeness (QED) is 0.565. The highest BCUT2D eigenvalue weighted by Crippen LogP contribution is 2.18. The summed E-state index contributed by atoms with van der Waals surface area (Å²) in [5.74, 6) is 1.45. The summed E-state index contributed by atoms with van der Waals surface area (Å²) in [5, 5.41) is 16.9. The van der Waals surface area contributed by atoms with Crippen molar-refractivity contribution in [2.75, 3.05) is 13.1 Å². The van der Waals surface area contributed by atoms with E-state index >= 15 is 0 Å². The SMILES string of the molecule is CCNC(=NCc1ccco1)NCC(C)(O)c1ccccc1. The van der Waals surface area contributed by atoms with Crippen molar-refractivity contribution in [1.29, 1.82) is 0 Å². The Morgan fingerprint density at radius 3 is 2.59 bits per heavy atom. The van der Waals surface area contributed by atoms with Crippen molar-refractivity contribution in [1.82, 2.24) is 10.6 Å². The Bertz CT molecular complexity index is 577. The van der Waals surface area contributed by atoms with Gasteiger partial charge in [0, 0.05) is 6.54 Å². The molecule has 2 aromatic rings. The van der Waals surface area contributed by atoms with Crippen LogP contribution in [0.2, 0.25) is 0 Å². The predicted octanol–water partition coefficient (Wildman–Crippen LogP) is 2.24. The minimum atomic E-state index is -0.970. The summed E-state index contributed by atoms with van der Waals surface area (Å²) in [6.45, 7) is 5.35. The van der Waals surface area contributed by atoms with Gasteiger partial charge in [-0.3, -0.25) is 0 Å². The second-order valence-electron chi connectivity index (χ2n) is 5.27. The van der Waals surface area contributed by atoms with Crippen molar-refractivity contribution in [3.8, 4) is 0 Å². The molecule has 1 aromatic heterocycles. The number of hydrogen-bond donors (Lipinski definition) is 3. The third-order valence-corrected chi connectivity index (χ3v) is 3.31. The van der Waals surface area contributed by atoms with E-state index < -0.39 is 5.60 Å². The van der Waals surface area contributed by atoms with Gasteiger partial charge in [-0.15, -0.1) is 0 Å². The zero-order valence-electron chi connectivity index (χ0n) is 13.0. The largest absolute Gasteiger partial charge is 0.467 e. The summed E-state index contributed by atoms with van der Waals surface area (Å²) in [5.41, 5.74) is -0.105. The van der Waals surface area contributed by atoms with Crippen LogP contribution in [-0.2, 0) is 12.1 Å². The molecular weight excluding hydrogens is 278 g/mol. The monoisotopic (exact) mass is 301 g/mol. The number of nitrogens with zero attached hydrogens (tertiary/aromatic N) is 1. The molecule has 0 saturated heterocycles. The highest BCUT2D eigenvalue weighted by molar-refractivity contribution is 5.79. The molecular formula is C17H23N3O2. The van der Waals surface area contributed by atoms with Crippen LogP contribution in [0.15, 0.2) is 58.1 Å². The lowest BCUT2D eigenvalue weighted by atomic mass is 9.96. The molecule has 1 heterocycles. The van der Waals surface area contributed by atoms with Gasteiger partial charge >= 0.3 is 0 Å². The Morgan fingerprint density at radius 1 is 1.18 bits per heavy atom. The summed E-state index contributed by atoms with van der Waals surface area (Å²) in [6.07, 6.45) is 1.63. The number of nitrogens with one attached hydrogen (secondary N) is 2. The first-order chi connectivity index (χ1) is 10.6. The Labute approximate surface area is 131 Å². The summed E-state index contributed by atoms with van der Waals surface area (Å²) >= 11 is 0. The van der Waals surface area contributed by atoms with Crippen LogP contribution in [0.5, 0.6) is 0 Å². The molecule has 0 amide bonds. The lowest BCUT2D eigenvalue weighted by Gasteiger charge is -2.25. The van der Waals surface area contributed by atoms with Crippen molar-refractivity contribution in [2.24, 2.45) is 4.99 Å². The number of aliphatic imine (C=N–C) groups is 1. The maximum absolute atomic E-state index is 10.6. The molecule has 0 saturated carbocycles. The van der Waals surface area contributed by atoms with Crippen LogP contribution in [0.4, 0.5) is 0 Å². The van der Waals surface area contributed by atoms with E-state index in [1.807, 2.05) is 49.4 Å². The topological polar surface area (TPSA) is 69.8 Å². The van der Waals surface area contributed by atoms with E-state index in [2.05, 4.69) is 15.6 Å². The number of benzene rings is 1. The maximum Gasteiger partial charge on any atom is 0.191 e. The molecule has 22 heavy (non-hydrogen) atoms. The Balaban J connectivity index is 1.97. The van der Waals surface area contributed by atoms with Crippen molar-refractivity contribution in [3.63, 3.8) is 0 Å². The molecule has 2 rings (SSSR count). The molecule has 1 atom stereocenters. The first-order valence-corrected chi connectivity index (χ1v) is 7.44. The average Bonchev–Trinajstić information content (AvgIpc) is 3.04. The molecule has 0 aliphatic carbocycles. The lowest BCUT2D eigenvalue weighted by molar-refractivity contribution is 0.0617. The molecule has 118 valence electrons. The van der Waals surface area contributed by atoms with Crippen molar-refractivity contribution >= 4 is 5.96 Å². The number of furan rings is 1. The normalized spacial score (nSPS) is 14.4. The molecule has 0 spiro atoms. The minimum Gasteiger partial charge on any atom is -0.467 e. The van der Waals surface area contributed by atoms with Crippen LogP contribution >= 0.6 is 0 Å². The highest BCUT2D eigenvalue weighted by Gasteiger charge is 2.22. The van der Waals surface area contributed by atoms with Gasteiger partial charge in [0.15, 0.2) is 5.96 Å². The van der Waals surface area contributed by atoms with Crippen molar-refractivity contribution < 1.29 is 9.52 Å². The van der Waals surface area contributed by atoms with E-state index in [-0.39, 0.29) is 0 Å². The van der Waals surface area contributed by atoms with Crippen LogP contribution in [0.25, 0.3) is 0 Å².